The van der Waals surface area contributed by atoms with Crippen LogP contribution in [-0.4, -0.2) is 18.5 Å². The van der Waals surface area contributed by atoms with E-state index in [2.05, 4.69) is 30.6 Å². The molecule has 24 heavy (non-hydrogen) atoms. The Morgan fingerprint density at radius 1 is 1.29 bits per heavy atom. The van der Waals surface area contributed by atoms with E-state index in [9.17, 15) is 4.79 Å². The Balaban J connectivity index is 1.68. The van der Waals surface area contributed by atoms with Crippen molar-refractivity contribution in [1.82, 2.24) is 10.6 Å². The molecule has 1 fully saturated rings. The molecule has 130 valence electrons. The second kappa shape index (κ2) is 6.07. The Morgan fingerprint density at radius 2 is 2.12 bits per heavy atom. The summed E-state index contributed by atoms with van der Waals surface area (Å²) in [7, 11) is 0. The third-order valence-electron chi connectivity index (χ3n) is 6.67. The van der Waals surface area contributed by atoms with Crippen molar-refractivity contribution in [3.05, 3.63) is 34.7 Å². The zero-order chi connectivity index (χ0) is 16.8. The lowest BCUT2D eigenvalue weighted by Gasteiger charge is -2.38. The lowest BCUT2D eigenvalue weighted by atomic mass is 9.72. The Bertz CT molecular complexity index is 645. The highest BCUT2D eigenvalue weighted by Gasteiger charge is 2.42. The van der Waals surface area contributed by atoms with E-state index in [-0.39, 0.29) is 11.8 Å². The average Bonchev–Trinajstić information content (AvgIpc) is 2.93. The van der Waals surface area contributed by atoms with Gasteiger partial charge in [0.2, 0.25) is 5.91 Å². The average molecular weight is 327 g/mol. The highest BCUT2D eigenvalue weighted by Crippen LogP contribution is 2.47. The molecule has 5 atom stereocenters. The van der Waals surface area contributed by atoms with Gasteiger partial charge in [-0.3, -0.25) is 4.79 Å². The smallest absolute Gasteiger partial charge is 0.244 e. The minimum atomic E-state index is -0.278. The molecule has 0 spiro atoms. The third-order valence-corrected chi connectivity index (χ3v) is 6.67. The number of nitrogens with two attached hydrogens (primary N) is 1. The predicted molar refractivity (Wildman–Crippen MR) is 95.7 cm³/mol. The van der Waals surface area contributed by atoms with Gasteiger partial charge in [0.05, 0.1) is 0 Å². The second-order valence-corrected chi connectivity index (χ2v) is 8.02. The summed E-state index contributed by atoms with van der Waals surface area (Å²) in [6.45, 7) is 5.51. The molecule has 4 N–H and O–H groups in total. The Labute approximate surface area is 144 Å². The van der Waals surface area contributed by atoms with Crippen molar-refractivity contribution in [1.29, 1.82) is 0 Å². The summed E-state index contributed by atoms with van der Waals surface area (Å²) in [5.74, 6) is 1.66. The summed E-state index contributed by atoms with van der Waals surface area (Å²) in [5, 5.41) is 7.56. The summed E-state index contributed by atoms with van der Waals surface area (Å²) >= 11 is 0. The molecule has 3 unspecified atom stereocenters. The van der Waals surface area contributed by atoms with Gasteiger partial charge in [0.1, 0.15) is 0 Å². The van der Waals surface area contributed by atoms with E-state index < -0.39 is 0 Å². The zero-order valence-corrected chi connectivity index (χ0v) is 14.8. The molecule has 0 aromatic carbocycles. The lowest BCUT2D eigenvalue weighted by Crippen LogP contribution is -2.41. The summed E-state index contributed by atoms with van der Waals surface area (Å²) in [4.78, 5) is 11.8. The highest BCUT2D eigenvalue weighted by atomic mass is 16.1. The molecule has 2 aliphatic heterocycles. The Hall–Kier alpha value is -1.55. The fraction of sp³-hybridized carbons (Fsp3) is 0.650. The van der Waals surface area contributed by atoms with Crippen molar-refractivity contribution < 1.29 is 4.79 Å². The van der Waals surface area contributed by atoms with Crippen molar-refractivity contribution in [2.24, 2.45) is 29.4 Å². The first kappa shape index (κ1) is 15.9. The van der Waals surface area contributed by atoms with Crippen LogP contribution in [0.2, 0.25) is 0 Å². The molecule has 4 aliphatic rings. The molecule has 0 radical (unpaired) electrons. The predicted octanol–water partition coefficient (Wildman–Crippen LogP) is 2.59. The molecule has 1 amide bonds. The summed E-state index contributed by atoms with van der Waals surface area (Å²) in [6, 6.07) is 0.665. The van der Waals surface area contributed by atoms with Crippen LogP contribution in [0, 0.1) is 23.7 Å². The van der Waals surface area contributed by atoms with Gasteiger partial charge in [-0.15, -0.1) is 0 Å². The van der Waals surface area contributed by atoms with Gasteiger partial charge in [0, 0.05) is 34.8 Å². The van der Waals surface area contributed by atoms with Crippen LogP contribution >= 0.6 is 0 Å². The van der Waals surface area contributed by atoms with Gasteiger partial charge in [-0.25, -0.2) is 0 Å². The topological polar surface area (TPSA) is 67.1 Å². The molecule has 2 bridgehead atoms. The van der Waals surface area contributed by atoms with Crippen LogP contribution in [0.5, 0.6) is 0 Å². The number of amides is 1. The minimum Gasteiger partial charge on any atom is -0.366 e. The van der Waals surface area contributed by atoms with Crippen molar-refractivity contribution in [3.63, 3.8) is 0 Å². The molecule has 4 nitrogen and oxygen atoms in total. The van der Waals surface area contributed by atoms with E-state index in [4.69, 9.17) is 5.73 Å². The molecular weight excluding hydrogens is 298 g/mol. The quantitative estimate of drug-likeness (QED) is 0.730. The molecule has 1 saturated carbocycles. The standard InChI is InChI=1S/C20H29N3O/c1-3-12-8-13-10-14(9-12)22-7-6-16-18-11(2)15(20(21)24)4-5-17(18)23-19(13)16/h4-5,11-14,18,22-23H,3,6-10H2,1-2H3,(H2,21,24)/t11?,12-,13+,14?,18?/m1/s1. The van der Waals surface area contributed by atoms with Crippen LogP contribution in [0.25, 0.3) is 0 Å². The Kier molecular flexibility index (Phi) is 4.03. The van der Waals surface area contributed by atoms with Gasteiger partial charge in [0.25, 0.3) is 0 Å². The zero-order valence-electron chi connectivity index (χ0n) is 14.8. The summed E-state index contributed by atoms with van der Waals surface area (Å²) < 4.78 is 0. The third kappa shape index (κ3) is 2.52. The number of rotatable bonds is 2. The molecule has 2 aliphatic carbocycles. The maximum atomic E-state index is 11.8. The number of carbonyl (C=O) groups is 1. The number of primary amides is 1. The van der Waals surface area contributed by atoms with Gasteiger partial charge in [-0.05, 0) is 55.7 Å². The van der Waals surface area contributed by atoms with Crippen molar-refractivity contribution in [3.8, 4) is 0 Å². The van der Waals surface area contributed by atoms with Crippen LogP contribution in [0.1, 0.15) is 46.0 Å². The van der Waals surface area contributed by atoms with E-state index >= 15 is 0 Å². The fourth-order valence-corrected chi connectivity index (χ4v) is 5.44. The molecule has 4 heteroatoms. The largest absolute Gasteiger partial charge is 0.366 e. The van der Waals surface area contributed by atoms with Crippen molar-refractivity contribution in [2.45, 2.75) is 52.0 Å². The van der Waals surface area contributed by atoms with Gasteiger partial charge >= 0.3 is 0 Å². The van der Waals surface area contributed by atoms with Crippen LogP contribution in [0.15, 0.2) is 34.7 Å². The molecule has 0 aromatic heterocycles. The summed E-state index contributed by atoms with van der Waals surface area (Å²) in [6.07, 6.45) is 10.2. The second-order valence-electron chi connectivity index (χ2n) is 8.02. The van der Waals surface area contributed by atoms with E-state index in [1.165, 1.54) is 42.7 Å². The number of hydrogen-bond donors (Lipinski definition) is 3. The maximum Gasteiger partial charge on any atom is 0.244 e. The highest BCUT2D eigenvalue weighted by molar-refractivity contribution is 5.93. The number of fused-ring (bicyclic) bond motifs is 5. The van der Waals surface area contributed by atoms with Gasteiger partial charge in [-0.2, -0.15) is 0 Å². The number of nitrogens with one attached hydrogen (secondary N) is 2. The molecule has 2 heterocycles. The van der Waals surface area contributed by atoms with Crippen LogP contribution < -0.4 is 16.4 Å². The minimum absolute atomic E-state index is 0.170. The Morgan fingerprint density at radius 3 is 2.88 bits per heavy atom. The van der Waals surface area contributed by atoms with Gasteiger partial charge in [0.15, 0.2) is 0 Å². The maximum absolute atomic E-state index is 11.8. The normalized spacial score (nSPS) is 38.2. The van der Waals surface area contributed by atoms with Crippen LogP contribution in [0.3, 0.4) is 0 Å². The first-order valence-electron chi connectivity index (χ1n) is 9.53. The van der Waals surface area contributed by atoms with E-state index in [1.54, 1.807) is 0 Å². The van der Waals surface area contributed by atoms with Gasteiger partial charge in [-0.1, -0.05) is 26.3 Å². The van der Waals surface area contributed by atoms with Crippen LogP contribution in [0.4, 0.5) is 0 Å². The molecule has 0 saturated heterocycles. The number of hydrogen-bond acceptors (Lipinski definition) is 3. The summed E-state index contributed by atoms with van der Waals surface area (Å²) in [5.41, 5.74) is 10.6. The molecule has 4 rings (SSSR count). The van der Waals surface area contributed by atoms with Crippen molar-refractivity contribution >= 4 is 5.91 Å². The SMILES string of the molecule is CC[C@H]1CC2C[C@H](C1)C1=C(CCN2)C2C(=CC=C(C(N)=O)C2C)N1. The molecule has 0 aromatic rings. The molecular formula is C20H29N3O. The van der Waals surface area contributed by atoms with E-state index in [0.29, 0.717) is 17.9 Å². The fourth-order valence-electron chi connectivity index (χ4n) is 5.44. The monoisotopic (exact) mass is 327 g/mol. The first-order chi connectivity index (χ1) is 11.6. The lowest BCUT2D eigenvalue weighted by molar-refractivity contribution is -0.115. The van der Waals surface area contributed by atoms with Crippen molar-refractivity contribution in [2.75, 3.05) is 6.54 Å². The van der Waals surface area contributed by atoms with Crippen LogP contribution in [-0.2, 0) is 4.79 Å². The number of allylic oxidation sites excluding steroid dienone is 4. The van der Waals surface area contributed by atoms with Gasteiger partial charge < -0.3 is 16.4 Å². The number of carbonyl (C=O) groups excluding carboxylic acids is 1. The van der Waals surface area contributed by atoms with E-state index in [1.807, 2.05) is 6.08 Å². The first-order valence-corrected chi connectivity index (χ1v) is 9.53. The van der Waals surface area contributed by atoms with E-state index in [0.717, 1.165) is 24.5 Å².